The fourth-order valence-electron chi connectivity index (χ4n) is 2.71. The topological polar surface area (TPSA) is 33.9 Å². The SMILES string of the molecule is Cc1cccc(OC[C@@H](O)C[NH+]2CCCCC2)c1C. The Morgan fingerprint density at radius 2 is 1.95 bits per heavy atom. The molecule has 1 aromatic rings. The van der Waals surface area contributed by atoms with Gasteiger partial charge in [0, 0.05) is 0 Å². The van der Waals surface area contributed by atoms with Crippen LogP contribution in [-0.4, -0.2) is 37.5 Å². The van der Waals surface area contributed by atoms with E-state index in [2.05, 4.69) is 19.9 Å². The molecule has 106 valence electrons. The third-order valence-electron chi connectivity index (χ3n) is 4.07. The first kappa shape index (κ1) is 14.4. The quantitative estimate of drug-likeness (QED) is 0.835. The molecule has 0 bridgehead atoms. The predicted molar refractivity (Wildman–Crippen MR) is 76.8 cm³/mol. The van der Waals surface area contributed by atoms with Gasteiger partial charge in [-0.05, 0) is 50.3 Å². The highest BCUT2D eigenvalue weighted by Gasteiger charge is 2.18. The van der Waals surface area contributed by atoms with Crippen molar-refractivity contribution < 1.29 is 14.7 Å². The molecule has 2 N–H and O–H groups in total. The number of rotatable bonds is 5. The summed E-state index contributed by atoms with van der Waals surface area (Å²) in [4.78, 5) is 1.52. The Balaban J connectivity index is 1.79. The summed E-state index contributed by atoms with van der Waals surface area (Å²) in [5, 5.41) is 10.1. The van der Waals surface area contributed by atoms with Crippen molar-refractivity contribution in [2.45, 2.75) is 39.2 Å². The van der Waals surface area contributed by atoms with Crippen molar-refractivity contribution in [3.05, 3.63) is 29.3 Å². The van der Waals surface area contributed by atoms with E-state index >= 15 is 0 Å². The molecule has 19 heavy (non-hydrogen) atoms. The molecule has 1 aliphatic rings. The van der Waals surface area contributed by atoms with Gasteiger partial charge in [0.1, 0.15) is 25.0 Å². The standard InChI is InChI=1S/C16H25NO2/c1-13-7-6-8-16(14(13)2)19-12-15(18)11-17-9-4-3-5-10-17/h6-8,15,18H,3-5,9-12H2,1-2H3/p+1/t15-/m0/s1. The zero-order valence-electron chi connectivity index (χ0n) is 12.1. The van der Waals surface area contributed by atoms with E-state index in [1.807, 2.05) is 12.1 Å². The Bertz CT molecular complexity index is 400. The molecule has 3 nitrogen and oxygen atoms in total. The number of aliphatic hydroxyl groups is 1. The van der Waals surface area contributed by atoms with E-state index in [-0.39, 0.29) is 6.10 Å². The second-order valence-corrected chi connectivity index (χ2v) is 5.68. The third kappa shape index (κ3) is 4.22. The van der Waals surface area contributed by atoms with Gasteiger partial charge in [-0.3, -0.25) is 0 Å². The van der Waals surface area contributed by atoms with E-state index < -0.39 is 0 Å². The van der Waals surface area contributed by atoms with E-state index in [1.54, 1.807) is 0 Å². The van der Waals surface area contributed by atoms with Crippen LogP contribution in [0.4, 0.5) is 0 Å². The van der Waals surface area contributed by atoms with Crippen LogP contribution >= 0.6 is 0 Å². The molecule has 1 aromatic carbocycles. The van der Waals surface area contributed by atoms with Gasteiger partial charge in [0.05, 0.1) is 13.1 Å². The Hall–Kier alpha value is -1.06. The zero-order valence-corrected chi connectivity index (χ0v) is 12.1. The molecular weight excluding hydrogens is 238 g/mol. The van der Waals surface area contributed by atoms with E-state index in [0.717, 1.165) is 12.3 Å². The van der Waals surface area contributed by atoms with Gasteiger partial charge in [-0.2, -0.15) is 0 Å². The van der Waals surface area contributed by atoms with Crippen molar-refractivity contribution in [2.75, 3.05) is 26.2 Å². The average Bonchev–Trinajstić information content (AvgIpc) is 2.42. The molecule has 1 saturated heterocycles. The lowest BCUT2D eigenvalue weighted by Crippen LogP contribution is -3.14. The van der Waals surface area contributed by atoms with Crippen LogP contribution in [-0.2, 0) is 0 Å². The van der Waals surface area contributed by atoms with Crippen LogP contribution in [0.25, 0.3) is 0 Å². The molecule has 0 unspecified atom stereocenters. The number of quaternary nitrogens is 1. The van der Waals surface area contributed by atoms with Gasteiger partial charge in [0.2, 0.25) is 0 Å². The maximum Gasteiger partial charge on any atom is 0.137 e. The van der Waals surface area contributed by atoms with E-state index in [4.69, 9.17) is 4.74 Å². The number of benzene rings is 1. The van der Waals surface area contributed by atoms with Crippen LogP contribution in [0.1, 0.15) is 30.4 Å². The summed E-state index contributed by atoms with van der Waals surface area (Å²) in [5.74, 6) is 0.896. The fourth-order valence-corrected chi connectivity index (χ4v) is 2.71. The smallest absolute Gasteiger partial charge is 0.137 e. The molecule has 0 aliphatic carbocycles. The first-order valence-electron chi connectivity index (χ1n) is 7.37. The van der Waals surface area contributed by atoms with Crippen molar-refractivity contribution in [2.24, 2.45) is 0 Å². The maximum absolute atomic E-state index is 10.1. The first-order chi connectivity index (χ1) is 9.16. The molecule has 0 aromatic heterocycles. The van der Waals surface area contributed by atoms with Crippen LogP contribution in [0, 0.1) is 13.8 Å². The van der Waals surface area contributed by atoms with Crippen LogP contribution < -0.4 is 9.64 Å². The number of ether oxygens (including phenoxy) is 1. The summed E-state index contributed by atoms with van der Waals surface area (Å²) in [7, 11) is 0. The summed E-state index contributed by atoms with van der Waals surface area (Å²) in [5.41, 5.74) is 2.40. The molecule has 1 aliphatic heterocycles. The van der Waals surface area contributed by atoms with Crippen molar-refractivity contribution >= 4 is 0 Å². The van der Waals surface area contributed by atoms with E-state index in [0.29, 0.717) is 6.61 Å². The molecule has 0 spiro atoms. The van der Waals surface area contributed by atoms with Gasteiger partial charge in [-0.25, -0.2) is 0 Å². The first-order valence-corrected chi connectivity index (χ1v) is 7.37. The highest BCUT2D eigenvalue weighted by molar-refractivity contribution is 5.38. The Kier molecular flexibility index (Phi) is 5.23. The number of piperidine rings is 1. The molecule has 1 atom stereocenters. The lowest BCUT2D eigenvalue weighted by Gasteiger charge is -2.25. The minimum Gasteiger partial charge on any atom is -0.490 e. The fraction of sp³-hybridized carbons (Fsp3) is 0.625. The molecular formula is C16H26NO2+. The molecule has 1 heterocycles. The van der Waals surface area contributed by atoms with E-state index in [9.17, 15) is 5.11 Å². The van der Waals surface area contributed by atoms with Crippen LogP contribution in [0.3, 0.4) is 0 Å². The summed E-state index contributed by atoms with van der Waals surface area (Å²) in [6.07, 6.45) is 3.56. The number of aryl methyl sites for hydroxylation is 1. The average molecular weight is 264 g/mol. The van der Waals surface area contributed by atoms with Gasteiger partial charge in [0.15, 0.2) is 0 Å². The van der Waals surface area contributed by atoms with Gasteiger partial charge in [-0.15, -0.1) is 0 Å². The number of aliphatic hydroxyl groups excluding tert-OH is 1. The van der Waals surface area contributed by atoms with Crippen molar-refractivity contribution in [3.63, 3.8) is 0 Å². The van der Waals surface area contributed by atoms with Crippen molar-refractivity contribution in [1.82, 2.24) is 0 Å². The lowest BCUT2D eigenvalue weighted by molar-refractivity contribution is -0.908. The molecule has 0 radical (unpaired) electrons. The second kappa shape index (κ2) is 6.92. The van der Waals surface area contributed by atoms with Crippen molar-refractivity contribution in [3.8, 4) is 5.75 Å². The Morgan fingerprint density at radius 1 is 1.21 bits per heavy atom. The number of likely N-dealkylation sites (tertiary alicyclic amines) is 1. The van der Waals surface area contributed by atoms with Gasteiger partial charge >= 0.3 is 0 Å². The number of hydrogen-bond donors (Lipinski definition) is 2. The summed E-state index contributed by atoms with van der Waals surface area (Å²) < 4.78 is 5.76. The highest BCUT2D eigenvalue weighted by Crippen LogP contribution is 2.20. The zero-order chi connectivity index (χ0) is 13.7. The van der Waals surface area contributed by atoms with Crippen molar-refractivity contribution in [1.29, 1.82) is 0 Å². The molecule has 3 heteroatoms. The lowest BCUT2D eigenvalue weighted by atomic mass is 10.1. The molecule has 0 amide bonds. The largest absolute Gasteiger partial charge is 0.490 e. The molecule has 0 saturated carbocycles. The van der Waals surface area contributed by atoms with Gasteiger partial charge in [0.25, 0.3) is 0 Å². The minimum atomic E-state index is -0.368. The van der Waals surface area contributed by atoms with Gasteiger partial charge in [-0.1, -0.05) is 12.1 Å². The predicted octanol–water partition coefficient (Wildman–Crippen LogP) is 1.11. The highest BCUT2D eigenvalue weighted by atomic mass is 16.5. The van der Waals surface area contributed by atoms with Crippen LogP contribution in [0.2, 0.25) is 0 Å². The Morgan fingerprint density at radius 3 is 2.68 bits per heavy atom. The Labute approximate surface area is 116 Å². The van der Waals surface area contributed by atoms with Crippen LogP contribution in [0.15, 0.2) is 18.2 Å². The normalized spacial score (nSPS) is 18.3. The second-order valence-electron chi connectivity index (χ2n) is 5.68. The summed E-state index contributed by atoms with van der Waals surface area (Å²) in [6, 6.07) is 6.05. The summed E-state index contributed by atoms with van der Waals surface area (Å²) >= 11 is 0. The summed E-state index contributed by atoms with van der Waals surface area (Å²) in [6.45, 7) is 7.74. The third-order valence-corrected chi connectivity index (χ3v) is 4.07. The maximum atomic E-state index is 10.1. The van der Waals surface area contributed by atoms with E-state index in [1.165, 1.54) is 48.4 Å². The van der Waals surface area contributed by atoms with Gasteiger partial charge < -0.3 is 14.7 Å². The monoisotopic (exact) mass is 264 g/mol. The molecule has 2 rings (SSSR count). The minimum absolute atomic E-state index is 0.368. The number of nitrogens with one attached hydrogen (secondary N) is 1. The van der Waals surface area contributed by atoms with Crippen LogP contribution in [0.5, 0.6) is 5.75 Å². The molecule has 1 fully saturated rings. The number of hydrogen-bond acceptors (Lipinski definition) is 2.